The van der Waals surface area contributed by atoms with Crippen LogP contribution in [0.1, 0.15) is 37.3 Å². The van der Waals surface area contributed by atoms with Crippen LogP contribution in [0.3, 0.4) is 0 Å². The Kier molecular flexibility index (Phi) is 6.23. The summed E-state index contributed by atoms with van der Waals surface area (Å²) in [4.78, 5) is 16.4. The largest absolute Gasteiger partial charge is 0.494 e. The summed E-state index contributed by atoms with van der Waals surface area (Å²) in [5.74, 6) is 0.712. The Hall–Kier alpha value is -2.40. The molecule has 0 atom stereocenters. The van der Waals surface area contributed by atoms with Gasteiger partial charge in [0.1, 0.15) is 5.75 Å². The van der Waals surface area contributed by atoms with Gasteiger partial charge in [-0.25, -0.2) is 9.79 Å². The zero-order chi connectivity index (χ0) is 18.4. The van der Waals surface area contributed by atoms with Crippen molar-refractivity contribution < 1.29 is 14.3 Å². The van der Waals surface area contributed by atoms with Crippen LogP contribution in [0.2, 0.25) is 0 Å². The lowest BCUT2D eigenvalue weighted by Crippen LogP contribution is -2.05. The Morgan fingerprint density at radius 2 is 1.81 bits per heavy atom. The molecule has 1 aliphatic heterocycles. The van der Waals surface area contributed by atoms with Crippen LogP contribution in [0.15, 0.2) is 63.7 Å². The molecule has 4 nitrogen and oxygen atoms in total. The lowest BCUT2D eigenvalue weighted by atomic mass is 10.2. The number of esters is 1. The van der Waals surface area contributed by atoms with E-state index in [1.165, 1.54) is 12.8 Å². The van der Waals surface area contributed by atoms with E-state index in [0.717, 1.165) is 34.4 Å². The summed E-state index contributed by atoms with van der Waals surface area (Å²) in [5.41, 5.74) is 1.93. The molecule has 0 N–H and O–H groups in total. The molecule has 2 aromatic rings. The third-order valence-corrected chi connectivity index (χ3v) is 4.44. The number of cyclic esters (lactones) is 1. The highest BCUT2D eigenvalue weighted by atomic mass is 79.9. The Morgan fingerprint density at radius 3 is 2.50 bits per heavy atom. The van der Waals surface area contributed by atoms with Gasteiger partial charge in [0, 0.05) is 10.0 Å². The molecule has 0 aromatic heterocycles. The molecule has 1 aliphatic rings. The maximum absolute atomic E-state index is 12.1. The van der Waals surface area contributed by atoms with Gasteiger partial charge in [-0.2, -0.15) is 0 Å². The van der Waals surface area contributed by atoms with Crippen LogP contribution in [-0.4, -0.2) is 18.5 Å². The molecule has 0 radical (unpaired) electrons. The van der Waals surface area contributed by atoms with Crippen LogP contribution in [-0.2, 0) is 9.53 Å². The van der Waals surface area contributed by atoms with Gasteiger partial charge in [-0.3, -0.25) is 0 Å². The highest BCUT2D eigenvalue weighted by Crippen LogP contribution is 2.21. The molecule has 3 rings (SSSR count). The summed E-state index contributed by atoms with van der Waals surface area (Å²) in [6.45, 7) is 2.89. The van der Waals surface area contributed by atoms with E-state index in [0.29, 0.717) is 11.6 Å². The molecule has 0 bridgehead atoms. The van der Waals surface area contributed by atoms with E-state index in [-0.39, 0.29) is 0 Å². The molecule has 1 heterocycles. The molecule has 0 aliphatic carbocycles. The number of nitrogens with zero attached hydrogens (tertiary/aromatic N) is 1. The first-order valence-corrected chi connectivity index (χ1v) is 9.46. The molecule has 26 heavy (non-hydrogen) atoms. The van der Waals surface area contributed by atoms with Crippen LogP contribution in [0.25, 0.3) is 6.08 Å². The van der Waals surface area contributed by atoms with Crippen molar-refractivity contribution in [2.24, 2.45) is 4.99 Å². The zero-order valence-corrected chi connectivity index (χ0v) is 16.2. The van der Waals surface area contributed by atoms with Crippen molar-refractivity contribution in [3.8, 4) is 5.75 Å². The van der Waals surface area contributed by atoms with Crippen molar-refractivity contribution in [2.45, 2.75) is 26.2 Å². The lowest BCUT2D eigenvalue weighted by molar-refractivity contribution is -0.129. The van der Waals surface area contributed by atoms with Crippen molar-refractivity contribution in [1.29, 1.82) is 0 Å². The van der Waals surface area contributed by atoms with Gasteiger partial charge in [0.25, 0.3) is 0 Å². The summed E-state index contributed by atoms with van der Waals surface area (Å²) in [6, 6.07) is 15.1. The normalized spacial score (nSPS) is 15.1. The number of hydrogen-bond donors (Lipinski definition) is 0. The number of carbonyl (C=O) groups is 1. The first-order chi connectivity index (χ1) is 12.7. The number of unbranched alkanes of at least 4 members (excludes halogenated alkanes) is 2. The van der Waals surface area contributed by atoms with Crippen LogP contribution in [0, 0.1) is 0 Å². The maximum atomic E-state index is 12.1. The molecule has 134 valence electrons. The summed E-state index contributed by atoms with van der Waals surface area (Å²) >= 11 is 3.38. The monoisotopic (exact) mass is 413 g/mol. The Bertz CT molecular complexity index is 823. The number of halogens is 1. The number of hydrogen-bond acceptors (Lipinski definition) is 4. The Balaban J connectivity index is 1.68. The zero-order valence-electron chi connectivity index (χ0n) is 14.6. The molecule has 0 unspecified atom stereocenters. The van der Waals surface area contributed by atoms with Crippen LogP contribution in [0.4, 0.5) is 0 Å². The number of rotatable bonds is 7. The summed E-state index contributed by atoms with van der Waals surface area (Å²) in [7, 11) is 0. The fraction of sp³-hybridized carbons (Fsp3) is 0.238. The quantitative estimate of drug-likeness (QED) is 0.348. The molecule has 5 heteroatoms. The number of ether oxygens (including phenoxy) is 2. The SMILES string of the molecule is CCCCCOc1ccc(/C=C2/N=C(c3ccc(Br)cc3)OC2=O)cc1. The fourth-order valence-electron chi connectivity index (χ4n) is 2.49. The van der Waals surface area contributed by atoms with Gasteiger partial charge in [0.2, 0.25) is 5.90 Å². The topological polar surface area (TPSA) is 47.9 Å². The second kappa shape index (κ2) is 8.81. The van der Waals surface area contributed by atoms with Crippen molar-refractivity contribution in [3.63, 3.8) is 0 Å². The average Bonchev–Trinajstić information content (AvgIpc) is 3.01. The summed E-state index contributed by atoms with van der Waals surface area (Å²) < 4.78 is 11.9. The van der Waals surface area contributed by atoms with Gasteiger partial charge in [0.15, 0.2) is 5.70 Å². The first kappa shape index (κ1) is 18.4. The van der Waals surface area contributed by atoms with E-state index in [9.17, 15) is 4.79 Å². The van der Waals surface area contributed by atoms with Crippen LogP contribution >= 0.6 is 15.9 Å². The average molecular weight is 414 g/mol. The van der Waals surface area contributed by atoms with Gasteiger partial charge in [-0.15, -0.1) is 0 Å². The number of aliphatic imine (C=N–C) groups is 1. The Morgan fingerprint density at radius 1 is 1.08 bits per heavy atom. The van der Waals surface area contributed by atoms with E-state index in [2.05, 4.69) is 27.8 Å². The summed E-state index contributed by atoms with van der Waals surface area (Å²) in [5, 5.41) is 0. The molecule has 0 saturated heterocycles. The minimum Gasteiger partial charge on any atom is -0.494 e. The minimum absolute atomic E-state index is 0.291. The van der Waals surface area contributed by atoms with Crippen LogP contribution < -0.4 is 4.74 Å². The van der Waals surface area contributed by atoms with E-state index >= 15 is 0 Å². The highest BCUT2D eigenvalue weighted by Gasteiger charge is 2.23. The van der Waals surface area contributed by atoms with E-state index in [4.69, 9.17) is 9.47 Å². The smallest absolute Gasteiger partial charge is 0.363 e. The van der Waals surface area contributed by atoms with Gasteiger partial charge in [-0.05, 0) is 54.5 Å². The van der Waals surface area contributed by atoms with Crippen LogP contribution in [0.5, 0.6) is 5.75 Å². The molecule has 2 aromatic carbocycles. The van der Waals surface area contributed by atoms with Crippen molar-refractivity contribution >= 4 is 33.9 Å². The first-order valence-electron chi connectivity index (χ1n) is 8.67. The molecule has 0 fully saturated rings. The Labute approximate surface area is 161 Å². The predicted molar refractivity (Wildman–Crippen MR) is 106 cm³/mol. The summed E-state index contributed by atoms with van der Waals surface area (Å²) in [6.07, 6.45) is 5.12. The van der Waals surface area contributed by atoms with Gasteiger partial charge < -0.3 is 9.47 Å². The number of benzene rings is 2. The molecule has 0 spiro atoms. The second-order valence-corrected chi connectivity index (χ2v) is 6.88. The third-order valence-electron chi connectivity index (χ3n) is 3.91. The van der Waals surface area contributed by atoms with Crippen molar-refractivity contribution in [3.05, 3.63) is 69.8 Å². The van der Waals surface area contributed by atoms with Gasteiger partial charge >= 0.3 is 5.97 Å². The van der Waals surface area contributed by atoms with Crippen molar-refractivity contribution in [1.82, 2.24) is 0 Å². The maximum Gasteiger partial charge on any atom is 0.363 e. The molecule has 0 amide bonds. The van der Waals surface area contributed by atoms with E-state index in [1.807, 2.05) is 48.5 Å². The minimum atomic E-state index is -0.442. The molecular weight excluding hydrogens is 394 g/mol. The molecular formula is C21H20BrNO3. The van der Waals surface area contributed by atoms with Gasteiger partial charge in [0.05, 0.1) is 6.61 Å². The number of carbonyl (C=O) groups excluding carboxylic acids is 1. The second-order valence-electron chi connectivity index (χ2n) is 5.97. The highest BCUT2D eigenvalue weighted by molar-refractivity contribution is 9.10. The van der Waals surface area contributed by atoms with E-state index < -0.39 is 5.97 Å². The third kappa shape index (κ3) is 4.82. The van der Waals surface area contributed by atoms with E-state index in [1.54, 1.807) is 6.08 Å². The predicted octanol–water partition coefficient (Wildman–Crippen LogP) is 5.36. The lowest BCUT2D eigenvalue weighted by Gasteiger charge is -2.05. The van der Waals surface area contributed by atoms with Gasteiger partial charge in [-0.1, -0.05) is 47.8 Å². The standard InChI is InChI=1S/C21H20BrNO3/c1-2-3-4-13-25-18-11-5-15(6-12-18)14-19-21(24)26-20(23-19)16-7-9-17(22)10-8-16/h5-12,14H,2-4,13H2,1H3/b19-14+. The fourth-order valence-corrected chi connectivity index (χ4v) is 2.75. The van der Waals surface area contributed by atoms with Crippen molar-refractivity contribution in [2.75, 3.05) is 6.61 Å². The molecule has 0 saturated carbocycles.